The first kappa shape index (κ1) is 14.3. The number of carbonyl (C=O) groups is 1. The van der Waals surface area contributed by atoms with Gasteiger partial charge in [-0.3, -0.25) is 10.1 Å². The van der Waals surface area contributed by atoms with Crippen LogP contribution >= 0.6 is 0 Å². The molecule has 0 radical (unpaired) electrons. The summed E-state index contributed by atoms with van der Waals surface area (Å²) in [5, 5.41) is 14.2. The second-order valence-electron chi connectivity index (χ2n) is 4.51. The Morgan fingerprint density at radius 1 is 1.45 bits per heavy atom. The van der Waals surface area contributed by atoms with E-state index in [1.807, 2.05) is 0 Å². The van der Waals surface area contributed by atoms with Crippen LogP contribution in [0, 0.1) is 10.1 Å². The molecule has 0 aliphatic carbocycles. The zero-order valence-electron chi connectivity index (χ0n) is 11.1. The molecule has 0 bridgehead atoms. The molecule has 0 amide bonds. The van der Waals surface area contributed by atoms with Gasteiger partial charge in [0, 0.05) is 25.3 Å². The third-order valence-electron chi connectivity index (χ3n) is 3.20. The lowest BCUT2D eigenvalue weighted by Crippen LogP contribution is -2.28. The Kier molecular flexibility index (Phi) is 4.52. The average molecular weight is 280 g/mol. The summed E-state index contributed by atoms with van der Waals surface area (Å²) in [6, 6.07) is 4.27. The first-order valence-corrected chi connectivity index (χ1v) is 6.33. The van der Waals surface area contributed by atoms with E-state index < -0.39 is 10.9 Å². The highest BCUT2D eigenvalue weighted by molar-refractivity contribution is 5.91. The first-order chi connectivity index (χ1) is 9.61. The van der Waals surface area contributed by atoms with Gasteiger partial charge in [-0.25, -0.2) is 4.79 Å². The lowest BCUT2D eigenvalue weighted by atomic mass is 10.1. The molecule has 0 unspecified atom stereocenters. The highest BCUT2D eigenvalue weighted by atomic mass is 16.6. The van der Waals surface area contributed by atoms with Crippen molar-refractivity contribution < 1.29 is 19.2 Å². The molecule has 0 spiro atoms. The summed E-state index contributed by atoms with van der Waals surface area (Å²) in [4.78, 5) is 22.1. The molecule has 1 aromatic carbocycles. The monoisotopic (exact) mass is 280 g/mol. The van der Waals surface area contributed by atoms with Crippen LogP contribution in [0.2, 0.25) is 0 Å². The van der Waals surface area contributed by atoms with Crippen molar-refractivity contribution in [3.8, 4) is 0 Å². The van der Waals surface area contributed by atoms with Gasteiger partial charge in [0.05, 0.1) is 17.6 Å². The summed E-state index contributed by atoms with van der Waals surface area (Å²) < 4.78 is 9.87. The third-order valence-corrected chi connectivity index (χ3v) is 3.20. The molecule has 7 nitrogen and oxygen atoms in total. The van der Waals surface area contributed by atoms with E-state index in [1.54, 1.807) is 0 Å². The maximum Gasteiger partial charge on any atom is 0.337 e. The summed E-state index contributed by atoms with van der Waals surface area (Å²) in [5.41, 5.74) is 0.571. The summed E-state index contributed by atoms with van der Waals surface area (Å²) in [5.74, 6) is -0.519. The Hall–Kier alpha value is -2.15. The Morgan fingerprint density at radius 2 is 2.15 bits per heavy atom. The standard InChI is InChI=1S/C13H16N2O5/c1-19-13(16)9-2-3-12(15(17)18)11(8-9)14-10-4-6-20-7-5-10/h2-3,8,10,14H,4-7H2,1H3. The zero-order valence-corrected chi connectivity index (χ0v) is 11.1. The highest BCUT2D eigenvalue weighted by Crippen LogP contribution is 2.28. The number of hydrogen-bond donors (Lipinski definition) is 1. The van der Waals surface area contributed by atoms with Gasteiger partial charge < -0.3 is 14.8 Å². The number of esters is 1. The van der Waals surface area contributed by atoms with Crippen molar-refractivity contribution in [3.63, 3.8) is 0 Å². The van der Waals surface area contributed by atoms with E-state index >= 15 is 0 Å². The van der Waals surface area contributed by atoms with Gasteiger partial charge in [0.15, 0.2) is 0 Å². The van der Waals surface area contributed by atoms with Gasteiger partial charge >= 0.3 is 5.97 Å². The molecule has 2 rings (SSSR count). The number of methoxy groups -OCH3 is 1. The number of nitrogens with zero attached hydrogens (tertiary/aromatic N) is 1. The van der Waals surface area contributed by atoms with E-state index in [0.29, 0.717) is 18.9 Å². The quantitative estimate of drug-likeness (QED) is 0.515. The molecule has 0 saturated carbocycles. The van der Waals surface area contributed by atoms with Crippen LogP contribution in [-0.2, 0) is 9.47 Å². The maximum absolute atomic E-state index is 11.5. The fraction of sp³-hybridized carbons (Fsp3) is 0.462. The van der Waals surface area contributed by atoms with Gasteiger partial charge in [-0.05, 0) is 25.0 Å². The number of carbonyl (C=O) groups excluding carboxylic acids is 1. The lowest BCUT2D eigenvalue weighted by molar-refractivity contribution is -0.384. The normalized spacial score (nSPS) is 15.7. The second-order valence-corrected chi connectivity index (χ2v) is 4.51. The lowest BCUT2D eigenvalue weighted by Gasteiger charge is -2.24. The van der Waals surface area contributed by atoms with Gasteiger partial charge in [0.2, 0.25) is 0 Å². The Labute approximate surface area is 116 Å². The van der Waals surface area contributed by atoms with Crippen molar-refractivity contribution in [3.05, 3.63) is 33.9 Å². The molecule has 1 saturated heterocycles. The number of rotatable bonds is 4. The average Bonchev–Trinajstić information content (AvgIpc) is 2.47. The van der Waals surface area contributed by atoms with Crippen molar-refractivity contribution in [2.45, 2.75) is 18.9 Å². The van der Waals surface area contributed by atoms with E-state index in [-0.39, 0.29) is 17.3 Å². The number of anilines is 1. The summed E-state index contributed by atoms with van der Waals surface area (Å²) in [6.07, 6.45) is 1.55. The van der Waals surface area contributed by atoms with Crippen LogP contribution < -0.4 is 5.32 Å². The molecule has 0 atom stereocenters. The highest BCUT2D eigenvalue weighted by Gasteiger charge is 2.21. The molecule has 1 aliphatic rings. The molecule has 1 aliphatic heterocycles. The van der Waals surface area contributed by atoms with Crippen LogP contribution in [0.1, 0.15) is 23.2 Å². The maximum atomic E-state index is 11.5. The molecule has 20 heavy (non-hydrogen) atoms. The van der Waals surface area contributed by atoms with Crippen molar-refractivity contribution in [1.82, 2.24) is 0 Å². The topological polar surface area (TPSA) is 90.7 Å². The molecule has 1 N–H and O–H groups in total. The van der Waals surface area contributed by atoms with E-state index in [0.717, 1.165) is 12.8 Å². The molecule has 1 heterocycles. The van der Waals surface area contributed by atoms with Gasteiger partial charge in [-0.2, -0.15) is 0 Å². The molecule has 7 heteroatoms. The van der Waals surface area contributed by atoms with Crippen LogP contribution in [0.5, 0.6) is 0 Å². The number of nitrogens with one attached hydrogen (secondary N) is 1. The predicted octanol–water partition coefficient (Wildman–Crippen LogP) is 1.97. The SMILES string of the molecule is COC(=O)c1ccc([N+](=O)[O-])c(NC2CCOCC2)c1. The largest absolute Gasteiger partial charge is 0.465 e. The minimum absolute atomic E-state index is 0.0517. The van der Waals surface area contributed by atoms with Gasteiger partial charge in [-0.1, -0.05) is 0 Å². The van der Waals surface area contributed by atoms with Crippen LogP contribution in [0.4, 0.5) is 11.4 Å². The second kappa shape index (κ2) is 6.33. The number of nitro groups is 1. The van der Waals surface area contributed by atoms with Crippen LogP contribution in [0.3, 0.4) is 0 Å². The number of nitro benzene ring substituents is 1. The zero-order chi connectivity index (χ0) is 14.5. The predicted molar refractivity (Wildman–Crippen MR) is 71.9 cm³/mol. The van der Waals surface area contributed by atoms with Gasteiger partial charge in [0.25, 0.3) is 5.69 Å². The number of ether oxygens (including phenoxy) is 2. The smallest absolute Gasteiger partial charge is 0.337 e. The van der Waals surface area contributed by atoms with Crippen LogP contribution in [-0.4, -0.2) is 37.3 Å². The van der Waals surface area contributed by atoms with Crippen LogP contribution in [0.15, 0.2) is 18.2 Å². The first-order valence-electron chi connectivity index (χ1n) is 6.33. The minimum Gasteiger partial charge on any atom is -0.465 e. The molecule has 0 aromatic heterocycles. The number of benzene rings is 1. The molecular weight excluding hydrogens is 264 g/mol. The Balaban J connectivity index is 2.26. The van der Waals surface area contributed by atoms with Crippen molar-refractivity contribution in [2.24, 2.45) is 0 Å². The van der Waals surface area contributed by atoms with E-state index in [1.165, 1.54) is 25.3 Å². The van der Waals surface area contributed by atoms with Crippen molar-refractivity contribution >= 4 is 17.3 Å². The summed E-state index contributed by atoms with van der Waals surface area (Å²) >= 11 is 0. The fourth-order valence-electron chi connectivity index (χ4n) is 2.12. The summed E-state index contributed by atoms with van der Waals surface area (Å²) in [6.45, 7) is 1.25. The molecule has 108 valence electrons. The van der Waals surface area contributed by atoms with Gasteiger partial charge in [0.1, 0.15) is 5.69 Å². The van der Waals surface area contributed by atoms with Crippen molar-refractivity contribution in [1.29, 1.82) is 0 Å². The van der Waals surface area contributed by atoms with Crippen LogP contribution in [0.25, 0.3) is 0 Å². The van der Waals surface area contributed by atoms with Crippen molar-refractivity contribution in [2.75, 3.05) is 25.6 Å². The van der Waals surface area contributed by atoms with E-state index in [9.17, 15) is 14.9 Å². The number of hydrogen-bond acceptors (Lipinski definition) is 6. The molecule has 1 fully saturated rings. The van der Waals surface area contributed by atoms with E-state index in [2.05, 4.69) is 10.1 Å². The minimum atomic E-state index is -0.519. The Morgan fingerprint density at radius 3 is 2.75 bits per heavy atom. The molecular formula is C13H16N2O5. The Bertz CT molecular complexity index is 511. The fourth-order valence-corrected chi connectivity index (χ4v) is 2.12. The summed E-state index contributed by atoms with van der Waals surface area (Å²) in [7, 11) is 1.27. The van der Waals surface area contributed by atoms with E-state index in [4.69, 9.17) is 4.74 Å². The van der Waals surface area contributed by atoms with Gasteiger partial charge in [-0.15, -0.1) is 0 Å². The third kappa shape index (κ3) is 3.24. The molecule has 1 aromatic rings.